The fourth-order valence-corrected chi connectivity index (χ4v) is 3.53. The van der Waals surface area contributed by atoms with Crippen molar-refractivity contribution in [1.82, 2.24) is 4.90 Å². The number of aliphatic hydroxyl groups excluding tert-OH is 1. The van der Waals surface area contributed by atoms with Gasteiger partial charge in [0.15, 0.2) is 0 Å². The molecule has 1 heterocycles. The van der Waals surface area contributed by atoms with Gasteiger partial charge in [0, 0.05) is 36.8 Å². The fraction of sp³-hybridized carbons (Fsp3) is 0.611. The summed E-state index contributed by atoms with van der Waals surface area (Å²) in [5, 5.41) is 12.8. The first-order chi connectivity index (χ1) is 11.0. The average molecular weight is 337 g/mol. The second-order valence-electron chi connectivity index (χ2n) is 6.60. The van der Waals surface area contributed by atoms with Gasteiger partial charge in [0.1, 0.15) is 0 Å². The standard InChI is InChI=1S/C18H28N2O2S/c1-13(2)17(21)11-18(22)19-16-10-15(5-4-14(16)3)12-20-6-8-23-9-7-20/h4-5,10,13,17,21H,6-9,11-12H2,1-3H3,(H,19,22). The van der Waals surface area contributed by atoms with Gasteiger partial charge in [0.05, 0.1) is 12.5 Å². The third-order valence-electron chi connectivity index (χ3n) is 4.25. The Labute approximate surface area is 143 Å². The summed E-state index contributed by atoms with van der Waals surface area (Å²) in [4.78, 5) is 14.6. The van der Waals surface area contributed by atoms with Crippen LogP contribution in [-0.2, 0) is 11.3 Å². The van der Waals surface area contributed by atoms with E-state index in [1.54, 1.807) is 0 Å². The summed E-state index contributed by atoms with van der Waals surface area (Å²) < 4.78 is 0. The van der Waals surface area contributed by atoms with E-state index in [-0.39, 0.29) is 18.2 Å². The van der Waals surface area contributed by atoms with Crippen LogP contribution in [0.3, 0.4) is 0 Å². The SMILES string of the molecule is Cc1ccc(CN2CCSCC2)cc1NC(=O)CC(O)C(C)C. The molecule has 0 saturated carbocycles. The number of hydrogen-bond donors (Lipinski definition) is 2. The van der Waals surface area contributed by atoms with E-state index in [0.29, 0.717) is 0 Å². The Kier molecular flexibility index (Phi) is 6.93. The van der Waals surface area contributed by atoms with Gasteiger partial charge in [-0.05, 0) is 30.0 Å². The minimum absolute atomic E-state index is 0.0881. The van der Waals surface area contributed by atoms with Crippen LogP contribution in [0.1, 0.15) is 31.4 Å². The molecule has 23 heavy (non-hydrogen) atoms. The third-order valence-corrected chi connectivity index (χ3v) is 5.19. The number of aliphatic hydroxyl groups is 1. The highest BCUT2D eigenvalue weighted by Crippen LogP contribution is 2.20. The number of carbonyl (C=O) groups excluding carboxylic acids is 1. The van der Waals surface area contributed by atoms with Crippen LogP contribution in [0.2, 0.25) is 0 Å². The molecular formula is C18H28N2O2S. The minimum atomic E-state index is -0.593. The van der Waals surface area contributed by atoms with Gasteiger partial charge in [-0.3, -0.25) is 9.69 Å². The maximum absolute atomic E-state index is 12.1. The number of amides is 1. The zero-order chi connectivity index (χ0) is 16.8. The van der Waals surface area contributed by atoms with Crippen LogP contribution in [0.4, 0.5) is 5.69 Å². The Morgan fingerprint density at radius 3 is 2.70 bits per heavy atom. The lowest BCUT2D eigenvalue weighted by molar-refractivity contribution is -0.118. The van der Waals surface area contributed by atoms with Crippen LogP contribution in [0, 0.1) is 12.8 Å². The van der Waals surface area contributed by atoms with Crippen molar-refractivity contribution in [3.63, 3.8) is 0 Å². The molecule has 5 heteroatoms. The van der Waals surface area contributed by atoms with Gasteiger partial charge in [-0.25, -0.2) is 0 Å². The predicted octanol–water partition coefficient (Wildman–Crippen LogP) is 2.89. The van der Waals surface area contributed by atoms with Crippen molar-refractivity contribution in [2.75, 3.05) is 29.9 Å². The number of nitrogens with zero attached hydrogens (tertiary/aromatic N) is 1. The molecule has 1 unspecified atom stereocenters. The molecule has 0 spiro atoms. The minimum Gasteiger partial charge on any atom is -0.392 e. The van der Waals surface area contributed by atoms with E-state index in [2.05, 4.69) is 28.4 Å². The largest absolute Gasteiger partial charge is 0.392 e. The lowest BCUT2D eigenvalue weighted by Crippen LogP contribution is -2.32. The monoisotopic (exact) mass is 336 g/mol. The molecule has 1 aromatic carbocycles. The molecule has 2 rings (SSSR count). The lowest BCUT2D eigenvalue weighted by atomic mass is 10.0. The Morgan fingerprint density at radius 2 is 2.04 bits per heavy atom. The Balaban J connectivity index is 1.97. The van der Waals surface area contributed by atoms with E-state index >= 15 is 0 Å². The van der Waals surface area contributed by atoms with E-state index < -0.39 is 6.10 Å². The van der Waals surface area contributed by atoms with Crippen molar-refractivity contribution in [2.45, 2.75) is 39.8 Å². The number of nitrogens with one attached hydrogen (secondary N) is 1. The third kappa shape index (κ3) is 5.83. The molecule has 0 radical (unpaired) electrons. The van der Waals surface area contributed by atoms with Gasteiger partial charge < -0.3 is 10.4 Å². The normalized spacial score (nSPS) is 17.3. The first kappa shape index (κ1) is 18.3. The van der Waals surface area contributed by atoms with Gasteiger partial charge in [-0.15, -0.1) is 0 Å². The summed E-state index contributed by atoms with van der Waals surface area (Å²) in [7, 11) is 0. The zero-order valence-corrected chi connectivity index (χ0v) is 15.2. The molecule has 1 aromatic rings. The smallest absolute Gasteiger partial charge is 0.226 e. The van der Waals surface area contributed by atoms with Gasteiger partial charge in [-0.1, -0.05) is 26.0 Å². The number of rotatable bonds is 6. The topological polar surface area (TPSA) is 52.6 Å². The Bertz CT molecular complexity index is 528. The van der Waals surface area contributed by atoms with Crippen LogP contribution >= 0.6 is 11.8 Å². The zero-order valence-electron chi connectivity index (χ0n) is 14.3. The molecule has 2 N–H and O–H groups in total. The van der Waals surface area contributed by atoms with E-state index in [1.807, 2.05) is 32.5 Å². The predicted molar refractivity (Wildman–Crippen MR) is 97.9 cm³/mol. The highest BCUT2D eigenvalue weighted by molar-refractivity contribution is 7.99. The van der Waals surface area contributed by atoms with Gasteiger partial charge in [0.25, 0.3) is 0 Å². The maximum atomic E-state index is 12.1. The molecule has 1 saturated heterocycles. The van der Waals surface area contributed by atoms with Crippen molar-refractivity contribution >= 4 is 23.4 Å². The number of benzene rings is 1. The molecule has 0 bridgehead atoms. The highest BCUT2D eigenvalue weighted by atomic mass is 32.2. The van der Waals surface area contributed by atoms with Gasteiger partial charge >= 0.3 is 0 Å². The molecule has 1 amide bonds. The van der Waals surface area contributed by atoms with Crippen molar-refractivity contribution in [3.8, 4) is 0 Å². The summed E-state index contributed by atoms with van der Waals surface area (Å²) >= 11 is 2.01. The second-order valence-corrected chi connectivity index (χ2v) is 7.83. The molecule has 1 atom stereocenters. The molecule has 1 aliphatic rings. The number of carbonyl (C=O) groups is 1. The summed E-state index contributed by atoms with van der Waals surface area (Å²) in [6, 6.07) is 6.26. The number of hydrogen-bond acceptors (Lipinski definition) is 4. The summed E-state index contributed by atoms with van der Waals surface area (Å²) in [5.41, 5.74) is 3.13. The highest BCUT2D eigenvalue weighted by Gasteiger charge is 2.16. The molecule has 128 valence electrons. The Morgan fingerprint density at radius 1 is 1.35 bits per heavy atom. The molecule has 4 nitrogen and oxygen atoms in total. The second kappa shape index (κ2) is 8.71. The van der Waals surface area contributed by atoms with Crippen LogP contribution in [-0.4, -0.2) is 46.6 Å². The van der Waals surface area contributed by atoms with Crippen molar-refractivity contribution in [1.29, 1.82) is 0 Å². The van der Waals surface area contributed by atoms with Gasteiger partial charge in [-0.2, -0.15) is 11.8 Å². The summed E-state index contributed by atoms with van der Waals surface area (Å²) in [6.45, 7) is 9.01. The van der Waals surface area contributed by atoms with E-state index in [9.17, 15) is 9.90 Å². The molecular weight excluding hydrogens is 308 g/mol. The summed E-state index contributed by atoms with van der Waals surface area (Å²) in [6.07, 6.45) is -0.450. The fourth-order valence-electron chi connectivity index (χ4n) is 2.55. The first-order valence-corrected chi connectivity index (χ1v) is 9.48. The molecule has 0 aromatic heterocycles. The van der Waals surface area contributed by atoms with Crippen molar-refractivity contribution < 1.29 is 9.90 Å². The lowest BCUT2D eigenvalue weighted by Gasteiger charge is -2.26. The number of aryl methyl sites for hydroxylation is 1. The van der Waals surface area contributed by atoms with Crippen LogP contribution in [0.25, 0.3) is 0 Å². The van der Waals surface area contributed by atoms with Crippen molar-refractivity contribution in [2.24, 2.45) is 5.92 Å². The van der Waals surface area contributed by atoms with E-state index in [4.69, 9.17) is 0 Å². The first-order valence-electron chi connectivity index (χ1n) is 8.33. The summed E-state index contributed by atoms with van der Waals surface area (Å²) in [5.74, 6) is 2.36. The maximum Gasteiger partial charge on any atom is 0.226 e. The number of anilines is 1. The van der Waals surface area contributed by atoms with Crippen LogP contribution in [0.15, 0.2) is 18.2 Å². The van der Waals surface area contributed by atoms with E-state index in [0.717, 1.165) is 30.9 Å². The number of thioether (sulfide) groups is 1. The van der Waals surface area contributed by atoms with Gasteiger partial charge in [0.2, 0.25) is 5.91 Å². The van der Waals surface area contributed by atoms with Crippen molar-refractivity contribution in [3.05, 3.63) is 29.3 Å². The average Bonchev–Trinajstić information content (AvgIpc) is 2.51. The quantitative estimate of drug-likeness (QED) is 0.839. The van der Waals surface area contributed by atoms with Crippen LogP contribution in [0.5, 0.6) is 0 Å². The van der Waals surface area contributed by atoms with Crippen LogP contribution < -0.4 is 5.32 Å². The molecule has 1 aliphatic heterocycles. The molecule has 0 aliphatic carbocycles. The Hall–Kier alpha value is -1.04. The molecule has 1 fully saturated rings. The van der Waals surface area contributed by atoms with E-state index in [1.165, 1.54) is 17.1 Å².